The van der Waals surface area contributed by atoms with Gasteiger partial charge in [0.15, 0.2) is 0 Å². The zero-order chi connectivity index (χ0) is 9.10. The number of nitrogens with zero attached hydrogens (tertiary/aromatic N) is 1. The van der Waals surface area contributed by atoms with E-state index in [4.69, 9.17) is 0 Å². The molecular weight excluding hydrogens is 160 g/mol. The fourth-order valence-corrected chi connectivity index (χ4v) is 2.05. The van der Waals surface area contributed by atoms with Gasteiger partial charge in [-0.15, -0.1) is 0 Å². The van der Waals surface area contributed by atoms with Crippen LogP contribution in [-0.2, 0) is 0 Å². The molecule has 2 unspecified atom stereocenters. The van der Waals surface area contributed by atoms with Crippen molar-refractivity contribution < 1.29 is 0 Å². The van der Waals surface area contributed by atoms with E-state index in [0.29, 0.717) is 12.0 Å². The predicted molar refractivity (Wildman–Crippen MR) is 53.7 cm³/mol. The van der Waals surface area contributed by atoms with E-state index in [1.165, 1.54) is 18.4 Å². The van der Waals surface area contributed by atoms with Crippen LogP contribution in [0.2, 0.25) is 0 Å². The predicted octanol–water partition coefficient (Wildman–Crippen LogP) is 1.94. The molecular formula is C11H16N2. The van der Waals surface area contributed by atoms with Crippen molar-refractivity contribution in [2.45, 2.75) is 31.7 Å². The van der Waals surface area contributed by atoms with Crippen LogP contribution in [0.5, 0.6) is 0 Å². The lowest BCUT2D eigenvalue weighted by Gasteiger charge is -2.27. The van der Waals surface area contributed by atoms with Crippen molar-refractivity contribution in [2.24, 2.45) is 0 Å². The largest absolute Gasteiger partial charge is 0.314 e. The van der Waals surface area contributed by atoms with E-state index in [9.17, 15) is 0 Å². The molecule has 1 aliphatic heterocycles. The monoisotopic (exact) mass is 176 g/mol. The Balaban J connectivity index is 2.08. The van der Waals surface area contributed by atoms with E-state index in [0.717, 1.165) is 6.54 Å². The summed E-state index contributed by atoms with van der Waals surface area (Å²) in [7, 11) is 0. The van der Waals surface area contributed by atoms with Crippen molar-refractivity contribution in [1.82, 2.24) is 10.3 Å². The summed E-state index contributed by atoms with van der Waals surface area (Å²) in [5, 5.41) is 3.46. The van der Waals surface area contributed by atoms with Gasteiger partial charge < -0.3 is 5.32 Å². The lowest BCUT2D eigenvalue weighted by Crippen LogP contribution is -2.34. The third kappa shape index (κ3) is 2.07. The molecule has 0 radical (unpaired) electrons. The van der Waals surface area contributed by atoms with Crippen molar-refractivity contribution in [2.75, 3.05) is 6.54 Å². The van der Waals surface area contributed by atoms with Crippen LogP contribution in [0.1, 0.15) is 31.2 Å². The van der Waals surface area contributed by atoms with Crippen molar-refractivity contribution in [3.63, 3.8) is 0 Å². The van der Waals surface area contributed by atoms with Crippen LogP contribution in [0.25, 0.3) is 0 Å². The van der Waals surface area contributed by atoms with Crippen molar-refractivity contribution in [3.8, 4) is 0 Å². The molecule has 1 aromatic heterocycles. The van der Waals surface area contributed by atoms with Crippen LogP contribution in [0.15, 0.2) is 24.5 Å². The fraction of sp³-hybridized carbons (Fsp3) is 0.545. The van der Waals surface area contributed by atoms with E-state index >= 15 is 0 Å². The fourth-order valence-electron chi connectivity index (χ4n) is 2.05. The van der Waals surface area contributed by atoms with Crippen LogP contribution < -0.4 is 5.32 Å². The molecule has 1 aliphatic rings. The number of hydrogen-bond donors (Lipinski definition) is 1. The Hall–Kier alpha value is -0.890. The van der Waals surface area contributed by atoms with E-state index in [2.05, 4.69) is 23.3 Å². The first kappa shape index (κ1) is 8.70. The quantitative estimate of drug-likeness (QED) is 0.707. The zero-order valence-corrected chi connectivity index (χ0v) is 8.03. The second kappa shape index (κ2) is 3.88. The summed E-state index contributed by atoms with van der Waals surface area (Å²) >= 11 is 0. The molecule has 2 heteroatoms. The van der Waals surface area contributed by atoms with Crippen LogP contribution in [-0.4, -0.2) is 17.6 Å². The smallest absolute Gasteiger partial charge is 0.0302 e. The maximum atomic E-state index is 4.16. The first-order chi connectivity index (χ1) is 6.36. The van der Waals surface area contributed by atoms with Gasteiger partial charge in [0, 0.05) is 18.4 Å². The Kier molecular flexibility index (Phi) is 2.60. The Morgan fingerprint density at radius 1 is 1.54 bits per heavy atom. The average Bonchev–Trinajstić information content (AvgIpc) is 2.19. The molecule has 1 aromatic rings. The van der Waals surface area contributed by atoms with Gasteiger partial charge in [0.1, 0.15) is 0 Å². The Morgan fingerprint density at radius 3 is 3.15 bits per heavy atom. The molecule has 1 N–H and O–H groups in total. The maximum absolute atomic E-state index is 4.16. The molecule has 2 heterocycles. The highest BCUT2D eigenvalue weighted by Crippen LogP contribution is 2.26. The van der Waals surface area contributed by atoms with E-state index in [1.54, 1.807) is 0 Å². The number of aromatic nitrogens is 1. The van der Waals surface area contributed by atoms with E-state index in [1.807, 2.05) is 18.5 Å². The Bertz CT molecular complexity index is 258. The standard InChI is InChI=1S/C11H16N2/c1-9-7-10(4-6-13-9)11-3-2-5-12-8-11/h2-3,5,8-10,13H,4,6-7H2,1H3. The van der Waals surface area contributed by atoms with Gasteiger partial charge in [-0.05, 0) is 43.9 Å². The molecule has 13 heavy (non-hydrogen) atoms. The topological polar surface area (TPSA) is 24.9 Å². The molecule has 1 saturated heterocycles. The molecule has 0 aromatic carbocycles. The molecule has 0 aliphatic carbocycles. The highest BCUT2D eigenvalue weighted by Gasteiger charge is 2.19. The molecule has 70 valence electrons. The van der Waals surface area contributed by atoms with Gasteiger partial charge in [-0.3, -0.25) is 4.98 Å². The number of hydrogen-bond acceptors (Lipinski definition) is 2. The van der Waals surface area contributed by atoms with Crippen LogP contribution in [0.4, 0.5) is 0 Å². The molecule has 0 amide bonds. The molecule has 2 nitrogen and oxygen atoms in total. The van der Waals surface area contributed by atoms with Crippen molar-refractivity contribution in [3.05, 3.63) is 30.1 Å². The second-order valence-corrected chi connectivity index (χ2v) is 3.86. The SMILES string of the molecule is CC1CC(c2cccnc2)CCN1. The van der Waals surface area contributed by atoms with Gasteiger partial charge >= 0.3 is 0 Å². The number of rotatable bonds is 1. The zero-order valence-electron chi connectivity index (χ0n) is 8.03. The highest BCUT2D eigenvalue weighted by atomic mass is 14.9. The van der Waals surface area contributed by atoms with Gasteiger partial charge in [-0.25, -0.2) is 0 Å². The lowest BCUT2D eigenvalue weighted by atomic mass is 9.88. The highest BCUT2D eigenvalue weighted by molar-refractivity contribution is 5.15. The summed E-state index contributed by atoms with van der Waals surface area (Å²) in [5.41, 5.74) is 1.40. The minimum Gasteiger partial charge on any atom is -0.314 e. The molecule has 0 spiro atoms. The van der Waals surface area contributed by atoms with E-state index in [-0.39, 0.29) is 0 Å². The van der Waals surface area contributed by atoms with Gasteiger partial charge in [0.25, 0.3) is 0 Å². The van der Waals surface area contributed by atoms with Crippen LogP contribution in [0.3, 0.4) is 0 Å². The summed E-state index contributed by atoms with van der Waals surface area (Å²) in [6, 6.07) is 4.87. The summed E-state index contributed by atoms with van der Waals surface area (Å²) in [6.45, 7) is 3.39. The van der Waals surface area contributed by atoms with Crippen LogP contribution >= 0.6 is 0 Å². The Labute approximate surface area is 79.4 Å². The van der Waals surface area contributed by atoms with Gasteiger partial charge in [-0.2, -0.15) is 0 Å². The minimum absolute atomic E-state index is 0.652. The summed E-state index contributed by atoms with van der Waals surface area (Å²) in [5.74, 6) is 0.713. The van der Waals surface area contributed by atoms with Gasteiger partial charge in [0.05, 0.1) is 0 Å². The molecule has 1 fully saturated rings. The third-order valence-electron chi connectivity index (χ3n) is 2.78. The number of pyridine rings is 1. The lowest BCUT2D eigenvalue weighted by molar-refractivity contribution is 0.381. The molecule has 2 atom stereocenters. The summed E-state index contributed by atoms with van der Waals surface area (Å²) in [4.78, 5) is 4.16. The number of piperidine rings is 1. The van der Waals surface area contributed by atoms with E-state index < -0.39 is 0 Å². The second-order valence-electron chi connectivity index (χ2n) is 3.86. The maximum Gasteiger partial charge on any atom is 0.0302 e. The molecule has 0 saturated carbocycles. The average molecular weight is 176 g/mol. The summed E-state index contributed by atoms with van der Waals surface area (Å²) < 4.78 is 0. The first-order valence-corrected chi connectivity index (χ1v) is 4.99. The van der Waals surface area contributed by atoms with Crippen molar-refractivity contribution >= 4 is 0 Å². The van der Waals surface area contributed by atoms with Crippen LogP contribution in [0, 0.1) is 0 Å². The Morgan fingerprint density at radius 2 is 2.46 bits per heavy atom. The third-order valence-corrected chi connectivity index (χ3v) is 2.78. The first-order valence-electron chi connectivity index (χ1n) is 4.99. The van der Waals surface area contributed by atoms with Gasteiger partial charge in [-0.1, -0.05) is 6.07 Å². The van der Waals surface area contributed by atoms with Crippen molar-refractivity contribution in [1.29, 1.82) is 0 Å². The normalized spacial score (nSPS) is 28.7. The molecule has 0 bridgehead atoms. The summed E-state index contributed by atoms with van der Waals surface area (Å²) in [6.07, 6.45) is 6.33. The van der Waals surface area contributed by atoms with Gasteiger partial charge in [0.2, 0.25) is 0 Å². The number of nitrogens with one attached hydrogen (secondary N) is 1. The minimum atomic E-state index is 0.652. The molecule has 2 rings (SSSR count).